The standard InChI is InChI=1S/3C7H7.BrH.Sn/c3*1-7-5-3-2-4-6-7;;/h3*2-6H,1H2;1H;/q;;;;+1/p-1. The van der Waals surface area contributed by atoms with Gasteiger partial charge in [0.05, 0.1) is 0 Å². The van der Waals surface area contributed by atoms with Crippen LogP contribution in [0.5, 0.6) is 0 Å². The molecule has 0 saturated heterocycles. The Balaban J connectivity index is 0.00000192. The molecule has 0 unspecified atom stereocenters. The van der Waals surface area contributed by atoms with Crippen molar-refractivity contribution in [3.05, 3.63) is 108 Å². The summed E-state index contributed by atoms with van der Waals surface area (Å²) in [5.41, 5.74) is 4.55. The molecule has 0 heterocycles. The van der Waals surface area contributed by atoms with E-state index in [1.807, 2.05) is 0 Å². The summed E-state index contributed by atoms with van der Waals surface area (Å²) in [7, 11) is 0. The van der Waals surface area contributed by atoms with Crippen LogP contribution in [0, 0.1) is 0 Å². The van der Waals surface area contributed by atoms with Gasteiger partial charge in [-0.15, -0.1) is 0 Å². The molecule has 0 aliphatic carbocycles. The monoisotopic (exact) mass is 472 g/mol. The van der Waals surface area contributed by atoms with Gasteiger partial charge in [0, 0.05) is 0 Å². The normalized spacial score (nSPS) is 9.91. The maximum absolute atomic E-state index is 2.29. The third kappa shape index (κ3) is 6.15. The van der Waals surface area contributed by atoms with Crippen LogP contribution in [0.2, 0.25) is 0 Å². The summed E-state index contributed by atoms with van der Waals surface area (Å²) < 4.78 is 3.98. The number of halogens is 1. The van der Waals surface area contributed by atoms with Crippen LogP contribution in [0.25, 0.3) is 0 Å². The fraction of sp³-hybridized carbons (Fsp3) is 0.143. The van der Waals surface area contributed by atoms with Gasteiger partial charge in [-0.1, -0.05) is 0 Å². The summed E-state index contributed by atoms with van der Waals surface area (Å²) in [4.78, 5) is 0. The van der Waals surface area contributed by atoms with E-state index in [0.717, 1.165) is 0 Å². The molecule has 0 fully saturated rings. The second-order valence-corrected chi connectivity index (χ2v) is 13.0. The van der Waals surface area contributed by atoms with E-state index in [-0.39, 0.29) is 17.0 Å². The molecule has 0 radical (unpaired) electrons. The van der Waals surface area contributed by atoms with E-state index in [1.165, 1.54) is 30.0 Å². The van der Waals surface area contributed by atoms with Crippen LogP contribution in [0.15, 0.2) is 91.0 Å². The van der Waals surface area contributed by atoms with Gasteiger partial charge in [0.1, 0.15) is 0 Å². The third-order valence-corrected chi connectivity index (χ3v) is 11.7. The molecule has 3 rings (SSSR count). The quantitative estimate of drug-likeness (QED) is 0.481. The summed E-state index contributed by atoms with van der Waals surface area (Å²) in [5, 5.41) is 0. The van der Waals surface area contributed by atoms with E-state index in [0.29, 0.717) is 0 Å². The van der Waals surface area contributed by atoms with E-state index in [2.05, 4.69) is 91.0 Å². The van der Waals surface area contributed by atoms with Crippen molar-refractivity contribution in [3.63, 3.8) is 0 Å². The Morgan fingerprint density at radius 2 is 0.696 bits per heavy atom. The van der Waals surface area contributed by atoms with Gasteiger partial charge in [-0.25, -0.2) is 0 Å². The summed E-state index contributed by atoms with van der Waals surface area (Å²) in [6.45, 7) is 0. The second-order valence-electron chi connectivity index (χ2n) is 5.74. The number of rotatable bonds is 6. The Kier molecular flexibility index (Phi) is 7.90. The molecular formula is C21H21BrSn. The van der Waals surface area contributed by atoms with Crippen LogP contribution < -0.4 is 17.0 Å². The van der Waals surface area contributed by atoms with Crippen molar-refractivity contribution in [1.82, 2.24) is 0 Å². The van der Waals surface area contributed by atoms with Crippen molar-refractivity contribution in [2.75, 3.05) is 0 Å². The molecule has 3 aromatic rings. The molecule has 0 amide bonds. The predicted molar refractivity (Wildman–Crippen MR) is 96.2 cm³/mol. The molecule has 0 atom stereocenters. The van der Waals surface area contributed by atoms with Gasteiger partial charge < -0.3 is 17.0 Å². The molecule has 23 heavy (non-hydrogen) atoms. The molecule has 116 valence electrons. The van der Waals surface area contributed by atoms with E-state index in [9.17, 15) is 0 Å². The Bertz CT molecular complexity index is 569. The second kappa shape index (κ2) is 9.94. The first-order chi connectivity index (χ1) is 10.9. The van der Waals surface area contributed by atoms with Gasteiger partial charge in [-0.05, 0) is 0 Å². The maximum atomic E-state index is 2.29. The third-order valence-electron chi connectivity index (χ3n) is 3.89. The van der Waals surface area contributed by atoms with E-state index >= 15 is 0 Å². The molecule has 3 aromatic carbocycles. The number of hydrogen-bond donors (Lipinski definition) is 0. The average Bonchev–Trinajstić information content (AvgIpc) is 2.57. The van der Waals surface area contributed by atoms with Gasteiger partial charge in [0.25, 0.3) is 0 Å². The molecule has 2 heteroatoms. The SMILES string of the molecule is [Br-].c1ccc([CH2][Sn+]([CH2]c2ccccc2)[CH2]c2ccccc2)cc1. The predicted octanol–water partition coefficient (Wildman–Crippen LogP) is 1.83. The van der Waals surface area contributed by atoms with Crippen molar-refractivity contribution in [1.29, 1.82) is 0 Å². The van der Waals surface area contributed by atoms with E-state index < -0.39 is 19.8 Å². The zero-order valence-electron chi connectivity index (χ0n) is 13.2. The molecular weight excluding hydrogens is 451 g/mol. The van der Waals surface area contributed by atoms with E-state index in [4.69, 9.17) is 0 Å². The van der Waals surface area contributed by atoms with Gasteiger partial charge in [0.15, 0.2) is 0 Å². The first kappa shape index (κ1) is 18.3. The minimum absolute atomic E-state index is 0. The summed E-state index contributed by atoms with van der Waals surface area (Å²) in [6, 6.07) is 33.1. The van der Waals surface area contributed by atoms with Crippen molar-refractivity contribution >= 4 is 19.8 Å². The van der Waals surface area contributed by atoms with Crippen molar-refractivity contribution in [3.8, 4) is 0 Å². The van der Waals surface area contributed by atoms with Crippen molar-refractivity contribution in [2.24, 2.45) is 0 Å². The van der Waals surface area contributed by atoms with Gasteiger partial charge >= 0.3 is 141 Å². The Morgan fingerprint density at radius 3 is 0.957 bits per heavy atom. The van der Waals surface area contributed by atoms with Crippen LogP contribution in [0.3, 0.4) is 0 Å². The zero-order valence-corrected chi connectivity index (χ0v) is 17.6. The van der Waals surface area contributed by atoms with Crippen LogP contribution in [-0.4, -0.2) is 19.8 Å². The minimum atomic E-state index is -1.56. The molecule has 0 aliphatic rings. The van der Waals surface area contributed by atoms with Gasteiger partial charge in [-0.3, -0.25) is 0 Å². The molecule has 0 bridgehead atoms. The van der Waals surface area contributed by atoms with E-state index in [1.54, 1.807) is 0 Å². The topological polar surface area (TPSA) is 0 Å². The molecule has 0 N–H and O–H groups in total. The van der Waals surface area contributed by atoms with Crippen molar-refractivity contribution in [2.45, 2.75) is 13.3 Å². The molecule has 0 aromatic heterocycles. The fourth-order valence-electron chi connectivity index (χ4n) is 2.84. The van der Waals surface area contributed by atoms with Gasteiger partial charge in [-0.2, -0.15) is 0 Å². The Morgan fingerprint density at radius 1 is 0.435 bits per heavy atom. The first-order valence-electron chi connectivity index (χ1n) is 7.85. The van der Waals surface area contributed by atoms with Crippen LogP contribution in [0.4, 0.5) is 0 Å². The Hall–Kier alpha value is -1.06. The molecule has 0 nitrogen and oxygen atoms in total. The number of hydrogen-bond acceptors (Lipinski definition) is 0. The van der Waals surface area contributed by atoms with Gasteiger partial charge in [0.2, 0.25) is 0 Å². The Labute approximate surface area is 157 Å². The molecule has 0 spiro atoms. The van der Waals surface area contributed by atoms with Crippen LogP contribution in [-0.2, 0) is 13.3 Å². The molecule has 0 saturated carbocycles. The number of benzene rings is 3. The van der Waals surface area contributed by atoms with Crippen LogP contribution >= 0.6 is 0 Å². The average molecular weight is 472 g/mol. The summed E-state index contributed by atoms with van der Waals surface area (Å²) >= 11 is -1.56. The van der Waals surface area contributed by atoms with Crippen LogP contribution in [0.1, 0.15) is 16.7 Å². The van der Waals surface area contributed by atoms with Crippen molar-refractivity contribution < 1.29 is 17.0 Å². The molecule has 0 aliphatic heterocycles. The summed E-state index contributed by atoms with van der Waals surface area (Å²) in [5.74, 6) is 0. The zero-order chi connectivity index (χ0) is 15.0. The summed E-state index contributed by atoms with van der Waals surface area (Å²) in [6.07, 6.45) is 0. The fourth-order valence-corrected chi connectivity index (χ4v) is 10.9. The first-order valence-corrected chi connectivity index (χ1v) is 13.9.